The average molecular weight is 376 g/mol. The Morgan fingerprint density at radius 2 is 1.85 bits per heavy atom. The number of carbonyl (C=O) groups is 1. The van der Waals surface area contributed by atoms with Gasteiger partial charge < -0.3 is 13.9 Å². The second-order valence-corrected chi connectivity index (χ2v) is 14.0. The summed E-state index contributed by atoms with van der Waals surface area (Å²) in [5, 5.41) is 0.143. The fraction of sp³-hybridized carbons (Fsp3) is 0.650. The van der Waals surface area contributed by atoms with Gasteiger partial charge in [-0.15, -0.1) is 0 Å². The van der Waals surface area contributed by atoms with Gasteiger partial charge in [0.05, 0.1) is 25.3 Å². The van der Waals surface area contributed by atoms with Crippen LogP contribution in [0.1, 0.15) is 26.3 Å². The number of nitrogens with zero attached hydrogens (tertiary/aromatic N) is 1. The molecule has 3 aliphatic rings. The molecule has 0 radical (unpaired) electrons. The first-order chi connectivity index (χ1) is 12.1. The quantitative estimate of drug-likeness (QED) is 0.585. The van der Waals surface area contributed by atoms with Crippen LogP contribution in [-0.4, -0.2) is 56.5 Å². The zero-order valence-corrected chi connectivity index (χ0v) is 17.5. The molecule has 26 heavy (non-hydrogen) atoms. The Kier molecular flexibility index (Phi) is 4.12. The van der Waals surface area contributed by atoms with Crippen molar-refractivity contribution in [1.82, 2.24) is 4.90 Å². The average Bonchev–Trinajstić information content (AvgIpc) is 3.46. The molecule has 2 saturated heterocycles. The van der Waals surface area contributed by atoms with E-state index in [0.717, 1.165) is 12.3 Å². The van der Waals surface area contributed by atoms with Gasteiger partial charge in [0.25, 0.3) is 0 Å². The Hall–Kier alpha value is -1.21. The molecule has 2 heterocycles. The van der Waals surface area contributed by atoms with Gasteiger partial charge in [-0.05, 0) is 35.8 Å². The van der Waals surface area contributed by atoms with E-state index in [9.17, 15) is 4.79 Å². The molecule has 0 bridgehead atoms. The van der Waals surface area contributed by atoms with Crippen molar-refractivity contribution in [2.45, 2.75) is 75.8 Å². The summed E-state index contributed by atoms with van der Waals surface area (Å²) in [6.07, 6.45) is -0.271. The number of fused-ring (bicyclic) bond motifs is 2. The molecule has 6 atom stereocenters. The van der Waals surface area contributed by atoms with E-state index in [4.69, 9.17) is 13.9 Å². The van der Waals surface area contributed by atoms with Crippen molar-refractivity contribution in [3.63, 3.8) is 0 Å². The van der Waals surface area contributed by atoms with Crippen LogP contribution >= 0.6 is 0 Å². The van der Waals surface area contributed by atoms with Crippen molar-refractivity contribution in [2.24, 2.45) is 0 Å². The molecule has 1 aliphatic carbocycles. The molecule has 4 rings (SSSR count). The molecule has 0 spiro atoms. The van der Waals surface area contributed by atoms with Gasteiger partial charge in [0.15, 0.2) is 14.1 Å². The first-order valence-corrected chi connectivity index (χ1v) is 12.3. The van der Waals surface area contributed by atoms with Crippen LogP contribution in [0.5, 0.6) is 5.75 Å². The number of hydrogen-bond acceptors (Lipinski definition) is 5. The minimum atomic E-state index is -1.91. The Bertz CT molecular complexity index is 712. The highest BCUT2D eigenvalue weighted by Gasteiger charge is 2.72. The van der Waals surface area contributed by atoms with E-state index < -0.39 is 8.32 Å². The largest absolute Gasteiger partial charge is 0.497 e. The van der Waals surface area contributed by atoms with E-state index in [-0.39, 0.29) is 41.2 Å². The van der Waals surface area contributed by atoms with Gasteiger partial charge in [0.1, 0.15) is 18.0 Å². The summed E-state index contributed by atoms with van der Waals surface area (Å²) < 4.78 is 17.6. The number of benzene rings is 1. The molecule has 142 valence electrons. The second-order valence-electron chi connectivity index (χ2n) is 9.22. The zero-order chi connectivity index (χ0) is 18.9. The smallest absolute Gasteiger partial charge is 0.192 e. The minimum Gasteiger partial charge on any atom is -0.497 e. The third-order valence-corrected chi connectivity index (χ3v) is 11.0. The Morgan fingerprint density at radius 1 is 1.19 bits per heavy atom. The van der Waals surface area contributed by atoms with Gasteiger partial charge >= 0.3 is 0 Å². The third-order valence-electron chi connectivity index (χ3n) is 6.49. The lowest BCUT2D eigenvalue weighted by Gasteiger charge is -2.39. The molecule has 3 fully saturated rings. The SMILES string of the molecule is COc1ccc(CN2[C@H]3[C@H](O[Si](C)(C)C(C)(C)C)[C@H]4O[C@H]4C(=O)[C@H]32)cc1. The highest BCUT2D eigenvalue weighted by Crippen LogP contribution is 2.51. The second kappa shape index (κ2) is 5.89. The summed E-state index contributed by atoms with van der Waals surface area (Å²) in [5.41, 5.74) is 1.19. The van der Waals surface area contributed by atoms with Crippen molar-refractivity contribution in [1.29, 1.82) is 0 Å². The molecule has 0 amide bonds. The molecule has 0 N–H and O–H groups in total. The van der Waals surface area contributed by atoms with Crippen molar-refractivity contribution >= 4 is 14.1 Å². The van der Waals surface area contributed by atoms with Crippen molar-refractivity contribution in [3.8, 4) is 5.75 Å². The van der Waals surface area contributed by atoms with Crippen LogP contribution < -0.4 is 4.74 Å². The standard InChI is InChI=1S/C20H29NO4Si/c1-20(2,3)26(5,6)25-17-15-14(16(22)18-19(17)24-18)21(15)11-12-7-9-13(23-4)10-8-12/h7-10,14-15,17-19H,11H2,1-6H3/t14-,15+,17-,18-,19+,21?/m0/s1. The molecule has 1 unspecified atom stereocenters. The fourth-order valence-corrected chi connectivity index (χ4v) is 5.07. The number of hydrogen-bond donors (Lipinski definition) is 0. The van der Waals surface area contributed by atoms with Gasteiger partial charge in [-0.1, -0.05) is 32.9 Å². The van der Waals surface area contributed by atoms with E-state index in [0.29, 0.717) is 0 Å². The van der Waals surface area contributed by atoms with Crippen LogP contribution in [0.15, 0.2) is 24.3 Å². The summed E-state index contributed by atoms with van der Waals surface area (Å²) >= 11 is 0. The lowest BCUT2D eigenvalue weighted by Crippen LogP contribution is -2.49. The molecular formula is C20H29NO4Si. The first kappa shape index (κ1) is 18.2. The number of epoxide rings is 1. The summed E-state index contributed by atoms with van der Waals surface area (Å²) in [5.74, 6) is 1.09. The van der Waals surface area contributed by atoms with E-state index in [1.54, 1.807) is 7.11 Å². The summed E-state index contributed by atoms with van der Waals surface area (Å²) in [6.45, 7) is 12.0. The molecule has 6 heteroatoms. The minimum absolute atomic E-state index is 0.0156. The number of Topliss-reactive ketones (excluding diaryl/α,β-unsaturated/α-hetero) is 1. The zero-order valence-electron chi connectivity index (χ0n) is 16.5. The molecule has 5 nitrogen and oxygen atoms in total. The number of carbonyl (C=O) groups excluding carboxylic acids is 1. The maximum absolute atomic E-state index is 12.6. The highest BCUT2D eigenvalue weighted by atomic mass is 28.4. The van der Waals surface area contributed by atoms with E-state index in [2.05, 4.69) is 50.9 Å². The Morgan fingerprint density at radius 3 is 2.42 bits per heavy atom. The predicted octanol–water partition coefficient (Wildman–Crippen LogP) is 2.99. The van der Waals surface area contributed by atoms with Crippen molar-refractivity contribution < 1.29 is 18.7 Å². The topological polar surface area (TPSA) is 51.1 Å². The van der Waals surface area contributed by atoms with Crippen LogP contribution in [-0.2, 0) is 20.5 Å². The lowest BCUT2D eigenvalue weighted by atomic mass is 9.97. The number of methoxy groups -OCH3 is 1. The van der Waals surface area contributed by atoms with Crippen LogP contribution in [0.4, 0.5) is 0 Å². The summed E-state index contributed by atoms with van der Waals surface area (Å²) in [4.78, 5) is 14.9. The summed E-state index contributed by atoms with van der Waals surface area (Å²) in [7, 11) is -0.245. The molecule has 2 aliphatic heterocycles. The van der Waals surface area contributed by atoms with Crippen LogP contribution in [0.2, 0.25) is 18.1 Å². The summed E-state index contributed by atoms with van der Waals surface area (Å²) in [6, 6.07) is 8.17. The van der Waals surface area contributed by atoms with Gasteiger partial charge in [-0.3, -0.25) is 9.69 Å². The van der Waals surface area contributed by atoms with Crippen LogP contribution in [0, 0.1) is 0 Å². The van der Waals surface area contributed by atoms with Crippen LogP contribution in [0.25, 0.3) is 0 Å². The number of ketones is 1. The molecular weight excluding hydrogens is 346 g/mol. The third kappa shape index (κ3) is 2.93. The monoisotopic (exact) mass is 375 g/mol. The maximum Gasteiger partial charge on any atom is 0.192 e. The maximum atomic E-state index is 12.6. The van der Waals surface area contributed by atoms with E-state index >= 15 is 0 Å². The van der Waals surface area contributed by atoms with Crippen LogP contribution in [0.3, 0.4) is 0 Å². The fourth-order valence-electron chi connectivity index (χ4n) is 3.76. The van der Waals surface area contributed by atoms with Gasteiger partial charge in [0.2, 0.25) is 0 Å². The molecule has 0 aromatic heterocycles. The number of ether oxygens (including phenoxy) is 2. The van der Waals surface area contributed by atoms with Gasteiger partial charge in [0, 0.05) is 6.54 Å². The predicted molar refractivity (Wildman–Crippen MR) is 102 cm³/mol. The highest BCUT2D eigenvalue weighted by molar-refractivity contribution is 6.74. The number of likely N-dealkylation sites (tertiary alicyclic amines) is 1. The van der Waals surface area contributed by atoms with Crippen molar-refractivity contribution in [3.05, 3.63) is 29.8 Å². The molecule has 1 saturated carbocycles. The van der Waals surface area contributed by atoms with E-state index in [1.165, 1.54) is 5.56 Å². The van der Waals surface area contributed by atoms with Gasteiger partial charge in [-0.25, -0.2) is 0 Å². The lowest BCUT2D eigenvalue weighted by molar-refractivity contribution is -0.120. The van der Waals surface area contributed by atoms with Crippen molar-refractivity contribution in [2.75, 3.05) is 7.11 Å². The molecule has 1 aromatic rings. The normalized spacial score (nSPS) is 35.5. The first-order valence-electron chi connectivity index (χ1n) is 9.40. The molecule has 1 aromatic carbocycles. The van der Waals surface area contributed by atoms with E-state index in [1.807, 2.05) is 12.1 Å². The Balaban J connectivity index is 1.50. The Labute approximate surface area is 156 Å². The number of rotatable bonds is 5. The van der Waals surface area contributed by atoms with Gasteiger partial charge in [-0.2, -0.15) is 0 Å².